The molecule has 1 amide bonds. The monoisotopic (exact) mass is 527 g/mol. The highest BCUT2D eigenvalue weighted by Crippen LogP contribution is 2.33. The van der Waals surface area contributed by atoms with Crippen LogP contribution in [0.1, 0.15) is 15.9 Å². The molecule has 0 atom stereocenters. The third-order valence-corrected chi connectivity index (χ3v) is 6.30. The number of methoxy groups -OCH3 is 1. The van der Waals surface area contributed by atoms with Gasteiger partial charge in [0.15, 0.2) is 5.65 Å². The van der Waals surface area contributed by atoms with E-state index in [0.717, 1.165) is 27.9 Å². The van der Waals surface area contributed by atoms with Crippen LogP contribution in [0.15, 0.2) is 61.4 Å². The third-order valence-electron chi connectivity index (χ3n) is 6.30. The number of hydrogen-bond acceptors (Lipinski definition) is 9. The molecule has 4 aromatic heterocycles. The number of aryl methyl sites for hydroxylation is 1. The molecule has 0 fully saturated rings. The van der Waals surface area contributed by atoms with Crippen molar-refractivity contribution in [2.75, 3.05) is 38.8 Å². The van der Waals surface area contributed by atoms with Crippen molar-refractivity contribution in [1.82, 2.24) is 34.2 Å². The molecule has 1 aromatic carbocycles. The Morgan fingerprint density at radius 1 is 1.13 bits per heavy atom. The number of benzene rings is 1. The van der Waals surface area contributed by atoms with E-state index in [2.05, 4.69) is 20.1 Å². The van der Waals surface area contributed by atoms with Crippen molar-refractivity contribution in [3.05, 3.63) is 72.6 Å². The van der Waals surface area contributed by atoms with E-state index in [1.165, 1.54) is 6.33 Å². The summed E-state index contributed by atoms with van der Waals surface area (Å²) in [6.45, 7) is 1.15. The molecule has 4 heterocycles. The van der Waals surface area contributed by atoms with Crippen LogP contribution in [0.3, 0.4) is 0 Å². The molecule has 0 aliphatic rings. The average Bonchev–Trinajstić information content (AvgIpc) is 3.55. The largest absolute Gasteiger partial charge is 0.489 e. The van der Waals surface area contributed by atoms with Gasteiger partial charge >= 0.3 is 0 Å². The number of fused-ring (bicyclic) bond motifs is 1. The Labute approximate surface area is 224 Å². The van der Waals surface area contributed by atoms with E-state index < -0.39 is 0 Å². The molecule has 4 N–H and O–H groups in total. The van der Waals surface area contributed by atoms with E-state index in [1.54, 1.807) is 54.3 Å². The second-order valence-corrected chi connectivity index (χ2v) is 9.05. The molecule has 12 nitrogen and oxygen atoms in total. The lowest BCUT2D eigenvalue weighted by atomic mass is 10.1. The van der Waals surface area contributed by atoms with Gasteiger partial charge in [0.1, 0.15) is 24.5 Å². The summed E-state index contributed by atoms with van der Waals surface area (Å²) >= 11 is 0. The van der Waals surface area contributed by atoms with Crippen LogP contribution >= 0.6 is 0 Å². The molecule has 0 saturated heterocycles. The number of carbonyl (C=O) groups is 1. The first-order valence-corrected chi connectivity index (χ1v) is 12.2. The van der Waals surface area contributed by atoms with Crippen LogP contribution in [0.2, 0.25) is 0 Å². The summed E-state index contributed by atoms with van der Waals surface area (Å²) in [6, 6.07) is 8.91. The summed E-state index contributed by atoms with van der Waals surface area (Å²) in [6.07, 6.45) is 8.70. The van der Waals surface area contributed by atoms with Gasteiger partial charge in [-0.2, -0.15) is 5.10 Å². The molecule has 0 bridgehead atoms. The molecule has 0 saturated carbocycles. The van der Waals surface area contributed by atoms with Crippen LogP contribution in [0.5, 0.6) is 5.75 Å². The Balaban J connectivity index is 1.37. The van der Waals surface area contributed by atoms with Crippen LogP contribution in [0.4, 0.5) is 11.5 Å². The lowest BCUT2D eigenvalue weighted by Crippen LogP contribution is -2.30. The summed E-state index contributed by atoms with van der Waals surface area (Å²) < 4.78 is 14.7. The molecule has 0 radical (unpaired) electrons. The lowest BCUT2D eigenvalue weighted by molar-refractivity contribution is 0.0745. The maximum Gasteiger partial charge on any atom is 0.255 e. The van der Waals surface area contributed by atoms with Gasteiger partial charge in [-0.3, -0.25) is 19.0 Å². The smallest absolute Gasteiger partial charge is 0.255 e. The zero-order valence-corrected chi connectivity index (χ0v) is 21.9. The van der Waals surface area contributed by atoms with E-state index in [4.69, 9.17) is 20.9 Å². The molecule has 200 valence electrons. The Morgan fingerprint density at radius 3 is 2.72 bits per heavy atom. The quantitative estimate of drug-likeness (QED) is 0.276. The van der Waals surface area contributed by atoms with Gasteiger partial charge in [0.25, 0.3) is 5.91 Å². The molecule has 0 aliphatic heterocycles. The van der Waals surface area contributed by atoms with Crippen LogP contribution in [-0.4, -0.2) is 67.4 Å². The molecule has 39 heavy (non-hydrogen) atoms. The van der Waals surface area contributed by atoms with E-state index in [-0.39, 0.29) is 12.5 Å². The fraction of sp³-hybridized carbons (Fsp3) is 0.222. The van der Waals surface area contributed by atoms with Gasteiger partial charge in [-0.05, 0) is 24.3 Å². The first-order chi connectivity index (χ1) is 18.9. The van der Waals surface area contributed by atoms with E-state index in [1.807, 2.05) is 36.1 Å². The number of nitrogen functional groups attached to an aromatic ring is 2. The predicted molar refractivity (Wildman–Crippen MR) is 147 cm³/mol. The van der Waals surface area contributed by atoms with Crippen LogP contribution in [-0.2, 0) is 18.4 Å². The minimum absolute atomic E-state index is 0.179. The summed E-state index contributed by atoms with van der Waals surface area (Å²) in [5, 5.41) is 5.24. The minimum atomic E-state index is -0.179. The standard InChI is InChI=1S/C27H29N9O3/c1-34(8-9-38-3)27(37)20-5-4-19(11-22(20)28)39-15-17-10-18(13-30-12-17)36-14-21(23-6-7-35(2)33-23)24-25(29)31-16-32-26(24)36/h4-7,10-14,16H,8-9,15,28H2,1-3H3,(H2,29,31,32). The maximum atomic E-state index is 12.7. The molecule has 5 rings (SSSR count). The Hall–Kier alpha value is -4.97. The zero-order valence-electron chi connectivity index (χ0n) is 21.9. The summed E-state index contributed by atoms with van der Waals surface area (Å²) in [5.41, 5.74) is 17.0. The predicted octanol–water partition coefficient (Wildman–Crippen LogP) is 2.68. The highest BCUT2D eigenvalue weighted by Gasteiger charge is 2.18. The normalized spacial score (nSPS) is 11.2. The van der Waals surface area contributed by atoms with Crippen LogP contribution < -0.4 is 16.2 Å². The number of anilines is 2. The number of nitrogens with zero attached hydrogens (tertiary/aromatic N) is 7. The van der Waals surface area contributed by atoms with Gasteiger partial charge in [0.05, 0.1) is 35.1 Å². The van der Waals surface area contributed by atoms with E-state index in [9.17, 15) is 4.79 Å². The Morgan fingerprint density at radius 2 is 1.97 bits per heavy atom. The van der Waals surface area contributed by atoms with Crippen molar-refractivity contribution in [3.63, 3.8) is 0 Å². The second kappa shape index (κ2) is 10.8. The Kier molecular flexibility index (Phi) is 7.10. The van der Waals surface area contributed by atoms with Gasteiger partial charge in [0.2, 0.25) is 0 Å². The highest BCUT2D eigenvalue weighted by atomic mass is 16.5. The number of carbonyl (C=O) groups excluding carboxylic acids is 1. The number of amides is 1. The number of nitrogens with two attached hydrogens (primary N) is 2. The average molecular weight is 528 g/mol. The van der Waals surface area contributed by atoms with Crippen molar-refractivity contribution in [3.8, 4) is 22.7 Å². The number of rotatable bonds is 9. The van der Waals surface area contributed by atoms with Crippen LogP contribution in [0.25, 0.3) is 28.0 Å². The van der Waals surface area contributed by atoms with Crippen molar-refractivity contribution >= 4 is 28.4 Å². The molecule has 12 heteroatoms. The van der Waals surface area contributed by atoms with Crippen molar-refractivity contribution in [2.24, 2.45) is 7.05 Å². The molecule has 5 aromatic rings. The number of hydrogen-bond donors (Lipinski definition) is 2. The molecule has 0 unspecified atom stereocenters. The fourth-order valence-corrected chi connectivity index (χ4v) is 4.25. The fourth-order valence-electron chi connectivity index (χ4n) is 4.25. The van der Waals surface area contributed by atoms with E-state index >= 15 is 0 Å². The maximum absolute atomic E-state index is 12.7. The third kappa shape index (κ3) is 5.22. The summed E-state index contributed by atoms with van der Waals surface area (Å²) in [7, 11) is 5.16. The van der Waals surface area contributed by atoms with Gasteiger partial charge < -0.3 is 25.8 Å². The topological polar surface area (TPSA) is 152 Å². The first kappa shape index (κ1) is 25.7. The van der Waals surface area contributed by atoms with Crippen molar-refractivity contribution in [2.45, 2.75) is 6.61 Å². The number of aromatic nitrogens is 6. The highest BCUT2D eigenvalue weighted by molar-refractivity contribution is 6.01. The van der Waals surface area contributed by atoms with Crippen molar-refractivity contribution < 1.29 is 14.3 Å². The molecular formula is C27H29N9O3. The minimum Gasteiger partial charge on any atom is -0.489 e. The molecule has 0 spiro atoms. The molecular weight excluding hydrogens is 498 g/mol. The number of pyridine rings is 1. The lowest BCUT2D eigenvalue weighted by Gasteiger charge is -2.18. The van der Waals surface area contributed by atoms with Gasteiger partial charge in [0, 0.05) is 69.2 Å². The zero-order chi connectivity index (χ0) is 27.5. The summed E-state index contributed by atoms with van der Waals surface area (Å²) in [5.74, 6) is 0.732. The van der Waals surface area contributed by atoms with Gasteiger partial charge in [-0.25, -0.2) is 9.97 Å². The Bertz CT molecular complexity index is 1640. The van der Waals surface area contributed by atoms with Gasteiger partial charge in [-0.1, -0.05) is 0 Å². The summed E-state index contributed by atoms with van der Waals surface area (Å²) in [4.78, 5) is 27.3. The second-order valence-electron chi connectivity index (χ2n) is 9.05. The number of likely N-dealkylation sites (N-methyl/N-ethyl adjacent to an activating group) is 1. The van der Waals surface area contributed by atoms with E-state index in [0.29, 0.717) is 41.6 Å². The first-order valence-electron chi connectivity index (χ1n) is 12.2. The number of ether oxygens (including phenoxy) is 2. The van der Waals surface area contributed by atoms with Gasteiger partial charge in [-0.15, -0.1) is 0 Å². The SMILES string of the molecule is COCCN(C)C(=O)c1ccc(OCc2cncc(-n3cc(-c4ccn(C)n4)c4c(N)ncnc43)c2)cc1N. The van der Waals surface area contributed by atoms with Crippen LogP contribution in [0, 0.1) is 0 Å². The molecule has 0 aliphatic carbocycles. The van der Waals surface area contributed by atoms with Crippen molar-refractivity contribution in [1.29, 1.82) is 0 Å².